The third-order valence-electron chi connectivity index (χ3n) is 2.60. The minimum atomic E-state index is 0.625. The molecule has 0 aliphatic rings. The summed E-state index contributed by atoms with van der Waals surface area (Å²) in [7, 11) is 0. The lowest BCUT2D eigenvalue weighted by molar-refractivity contribution is 1.16. The van der Waals surface area contributed by atoms with Crippen LogP contribution in [0.5, 0.6) is 0 Å². The van der Waals surface area contributed by atoms with Crippen molar-refractivity contribution in [2.45, 2.75) is 6.54 Å². The summed E-state index contributed by atoms with van der Waals surface area (Å²) in [6.45, 7) is 0.625. The van der Waals surface area contributed by atoms with Gasteiger partial charge < -0.3 is 22.5 Å². The second-order valence-electron chi connectivity index (χ2n) is 3.90. The first kappa shape index (κ1) is 11.1. The highest BCUT2D eigenvalue weighted by Crippen LogP contribution is 2.20. The zero-order chi connectivity index (χ0) is 12.3. The van der Waals surface area contributed by atoms with Crippen molar-refractivity contribution in [2.75, 3.05) is 22.5 Å². The Balaban J connectivity index is 2.10. The number of para-hydroxylation sites is 2. The molecule has 17 heavy (non-hydrogen) atoms. The molecule has 2 rings (SSSR count). The van der Waals surface area contributed by atoms with Crippen molar-refractivity contribution in [2.24, 2.45) is 0 Å². The molecule has 0 atom stereocenters. The van der Waals surface area contributed by atoms with Crippen molar-refractivity contribution < 1.29 is 0 Å². The third-order valence-corrected chi connectivity index (χ3v) is 2.60. The Morgan fingerprint density at radius 3 is 2.35 bits per heavy atom. The zero-order valence-corrected chi connectivity index (χ0v) is 9.48. The highest BCUT2D eigenvalue weighted by atomic mass is 14.9. The van der Waals surface area contributed by atoms with Gasteiger partial charge >= 0.3 is 0 Å². The van der Waals surface area contributed by atoms with Crippen LogP contribution in [0.1, 0.15) is 5.56 Å². The fourth-order valence-electron chi connectivity index (χ4n) is 1.62. The fourth-order valence-corrected chi connectivity index (χ4v) is 1.62. The number of nitrogens with one attached hydrogen (secondary N) is 1. The van der Waals surface area contributed by atoms with E-state index in [1.807, 2.05) is 36.4 Å². The van der Waals surface area contributed by atoms with Crippen LogP contribution in [0.25, 0.3) is 0 Å². The first-order chi connectivity index (χ1) is 8.16. The lowest BCUT2D eigenvalue weighted by atomic mass is 10.1. The average molecular weight is 228 g/mol. The molecule has 2 aromatic rings. The van der Waals surface area contributed by atoms with E-state index in [1.54, 1.807) is 6.07 Å². The van der Waals surface area contributed by atoms with E-state index in [0.717, 1.165) is 16.9 Å². The lowest BCUT2D eigenvalue weighted by Crippen LogP contribution is -2.05. The maximum atomic E-state index is 5.87. The maximum Gasteiger partial charge on any atom is 0.0576 e. The van der Waals surface area contributed by atoms with Crippen molar-refractivity contribution in [3.05, 3.63) is 48.0 Å². The zero-order valence-electron chi connectivity index (χ0n) is 9.48. The summed E-state index contributed by atoms with van der Waals surface area (Å²) in [6.07, 6.45) is 0. The van der Waals surface area contributed by atoms with Crippen molar-refractivity contribution in [1.82, 2.24) is 0 Å². The summed E-state index contributed by atoms with van der Waals surface area (Å²) in [5.41, 5.74) is 21.3. The van der Waals surface area contributed by atoms with E-state index in [0.29, 0.717) is 17.9 Å². The normalized spacial score (nSPS) is 10.1. The smallest absolute Gasteiger partial charge is 0.0576 e. The molecule has 4 heteroatoms. The monoisotopic (exact) mass is 228 g/mol. The van der Waals surface area contributed by atoms with Crippen LogP contribution in [0.3, 0.4) is 0 Å². The molecule has 0 unspecified atom stereocenters. The van der Waals surface area contributed by atoms with Gasteiger partial charge in [0.25, 0.3) is 0 Å². The Labute approximate surface area is 100 Å². The number of anilines is 4. The Morgan fingerprint density at radius 2 is 1.65 bits per heavy atom. The first-order valence-electron chi connectivity index (χ1n) is 5.39. The molecule has 0 radical (unpaired) electrons. The quantitative estimate of drug-likeness (QED) is 0.605. The van der Waals surface area contributed by atoms with Gasteiger partial charge in [0.05, 0.1) is 11.4 Å². The molecule has 0 aliphatic carbocycles. The lowest BCUT2D eigenvalue weighted by Gasteiger charge is -2.11. The molecule has 0 fully saturated rings. The number of nitrogen functional groups attached to an aromatic ring is 3. The Morgan fingerprint density at radius 1 is 0.882 bits per heavy atom. The SMILES string of the molecule is Nc1ccc(CNc2ccccc2N)c(N)c1. The van der Waals surface area contributed by atoms with Crippen LogP contribution in [-0.4, -0.2) is 0 Å². The minimum absolute atomic E-state index is 0.625. The molecule has 0 aliphatic heterocycles. The van der Waals surface area contributed by atoms with Gasteiger partial charge in [-0.1, -0.05) is 18.2 Å². The van der Waals surface area contributed by atoms with Crippen LogP contribution in [0.15, 0.2) is 42.5 Å². The van der Waals surface area contributed by atoms with E-state index in [4.69, 9.17) is 17.2 Å². The molecular formula is C13H16N4. The van der Waals surface area contributed by atoms with E-state index in [2.05, 4.69) is 5.32 Å². The van der Waals surface area contributed by atoms with Gasteiger partial charge in [0, 0.05) is 17.9 Å². The summed E-state index contributed by atoms with van der Waals surface area (Å²) < 4.78 is 0. The summed E-state index contributed by atoms with van der Waals surface area (Å²) in [6, 6.07) is 13.1. The highest BCUT2D eigenvalue weighted by molar-refractivity contribution is 5.66. The molecule has 4 nitrogen and oxygen atoms in total. The van der Waals surface area contributed by atoms with Gasteiger partial charge in [-0.05, 0) is 29.8 Å². The van der Waals surface area contributed by atoms with E-state index >= 15 is 0 Å². The summed E-state index contributed by atoms with van der Waals surface area (Å²) in [5, 5.41) is 3.24. The first-order valence-corrected chi connectivity index (χ1v) is 5.39. The number of hydrogen-bond acceptors (Lipinski definition) is 4. The maximum absolute atomic E-state index is 5.87. The van der Waals surface area contributed by atoms with Crippen LogP contribution < -0.4 is 22.5 Å². The number of rotatable bonds is 3. The standard InChI is InChI=1S/C13H16N4/c14-10-6-5-9(12(16)7-10)8-17-13-4-2-1-3-11(13)15/h1-7,17H,8,14-16H2. The van der Waals surface area contributed by atoms with Gasteiger partial charge in [-0.3, -0.25) is 0 Å². The molecule has 0 saturated heterocycles. The van der Waals surface area contributed by atoms with Crippen molar-refractivity contribution in [3.63, 3.8) is 0 Å². The molecule has 0 amide bonds. The molecule has 88 valence electrons. The van der Waals surface area contributed by atoms with E-state index in [1.165, 1.54) is 0 Å². The molecule has 0 heterocycles. The second kappa shape index (κ2) is 4.65. The van der Waals surface area contributed by atoms with E-state index in [-0.39, 0.29) is 0 Å². The van der Waals surface area contributed by atoms with Gasteiger partial charge in [0.15, 0.2) is 0 Å². The van der Waals surface area contributed by atoms with Crippen molar-refractivity contribution in [3.8, 4) is 0 Å². The van der Waals surface area contributed by atoms with Crippen molar-refractivity contribution in [1.29, 1.82) is 0 Å². The van der Waals surface area contributed by atoms with Gasteiger partial charge in [-0.2, -0.15) is 0 Å². The predicted octanol–water partition coefficient (Wildman–Crippen LogP) is 2.05. The number of benzene rings is 2. The third kappa shape index (κ3) is 2.60. The second-order valence-corrected chi connectivity index (χ2v) is 3.90. The highest BCUT2D eigenvalue weighted by Gasteiger charge is 2.01. The molecule has 2 aromatic carbocycles. The Hall–Kier alpha value is -2.36. The minimum Gasteiger partial charge on any atom is -0.399 e. The number of hydrogen-bond donors (Lipinski definition) is 4. The van der Waals surface area contributed by atoms with Gasteiger partial charge in [0.1, 0.15) is 0 Å². The van der Waals surface area contributed by atoms with Gasteiger partial charge in [-0.25, -0.2) is 0 Å². The molecule has 0 aromatic heterocycles. The van der Waals surface area contributed by atoms with Gasteiger partial charge in [-0.15, -0.1) is 0 Å². The van der Waals surface area contributed by atoms with E-state index < -0.39 is 0 Å². The predicted molar refractivity (Wildman–Crippen MR) is 73.4 cm³/mol. The van der Waals surface area contributed by atoms with Crippen molar-refractivity contribution >= 4 is 22.7 Å². The van der Waals surface area contributed by atoms with E-state index in [9.17, 15) is 0 Å². The Kier molecular flexibility index (Phi) is 3.05. The molecular weight excluding hydrogens is 212 g/mol. The summed E-state index contributed by atoms with van der Waals surface area (Å²) in [5.74, 6) is 0. The van der Waals surface area contributed by atoms with Crippen LogP contribution in [0.4, 0.5) is 22.7 Å². The Bertz CT molecular complexity index is 523. The summed E-state index contributed by atoms with van der Waals surface area (Å²) in [4.78, 5) is 0. The van der Waals surface area contributed by atoms with Crippen LogP contribution in [0, 0.1) is 0 Å². The molecule has 0 saturated carbocycles. The van der Waals surface area contributed by atoms with Crippen LogP contribution >= 0.6 is 0 Å². The van der Waals surface area contributed by atoms with Crippen LogP contribution in [-0.2, 0) is 6.54 Å². The largest absolute Gasteiger partial charge is 0.399 e. The number of nitrogens with two attached hydrogens (primary N) is 3. The summed E-state index contributed by atoms with van der Waals surface area (Å²) >= 11 is 0. The molecule has 0 bridgehead atoms. The van der Waals surface area contributed by atoms with Crippen LogP contribution in [0.2, 0.25) is 0 Å². The topological polar surface area (TPSA) is 90.1 Å². The molecule has 0 spiro atoms. The molecule has 7 N–H and O–H groups in total. The average Bonchev–Trinajstić information content (AvgIpc) is 2.30. The van der Waals surface area contributed by atoms with Gasteiger partial charge in [0.2, 0.25) is 0 Å². The fraction of sp³-hybridized carbons (Fsp3) is 0.0769.